The van der Waals surface area contributed by atoms with Gasteiger partial charge in [0.25, 0.3) is 11.8 Å². The summed E-state index contributed by atoms with van der Waals surface area (Å²) in [7, 11) is 0. The molecule has 150 valence electrons. The summed E-state index contributed by atoms with van der Waals surface area (Å²) in [4.78, 5) is 30.7. The molecule has 1 aliphatic rings. The minimum absolute atomic E-state index is 0.0588. The molecule has 3 rings (SSSR count). The number of benzene rings is 2. The molecule has 1 aliphatic heterocycles. The van der Waals surface area contributed by atoms with E-state index in [9.17, 15) is 9.59 Å². The van der Waals surface area contributed by atoms with Crippen LogP contribution in [0.2, 0.25) is 0 Å². The number of ether oxygens (including phenoxy) is 1. The van der Waals surface area contributed by atoms with Gasteiger partial charge in [-0.05, 0) is 67.4 Å². The number of aliphatic imine (C=N–C) groups is 1. The third-order valence-corrected chi connectivity index (χ3v) is 5.42. The van der Waals surface area contributed by atoms with Crippen LogP contribution in [0.4, 0.5) is 5.69 Å². The van der Waals surface area contributed by atoms with E-state index in [0.29, 0.717) is 22.4 Å². The third-order valence-electron chi connectivity index (χ3n) is 4.41. The number of nitrogens with two attached hydrogens (primary N) is 1. The first-order chi connectivity index (χ1) is 13.9. The Labute approximate surface area is 174 Å². The first-order valence-corrected chi connectivity index (χ1v) is 10.1. The van der Waals surface area contributed by atoms with E-state index in [1.54, 1.807) is 17.0 Å². The van der Waals surface area contributed by atoms with Gasteiger partial charge in [-0.25, -0.2) is 4.99 Å². The number of primary amides is 1. The highest BCUT2D eigenvalue weighted by Gasteiger charge is 2.32. The number of likely N-dealkylation sites (N-methyl/N-ethyl adjacent to an activating group) is 1. The van der Waals surface area contributed by atoms with E-state index in [1.165, 1.54) is 11.8 Å². The fourth-order valence-corrected chi connectivity index (χ4v) is 3.96. The van der Waals surface area contributed by atoms with Crippen LogP contribution in [0.15, 0.2) is 52.4 Å². The van der Waals surface area contributed by atoms with Gasteiger partial charge in [0.15, 0.2) is 11.8 Å². The number of nitrogens with zero attached hydrogens (tertiary/aromatic N) is 2. The van der Waals surface area contributed by atoms with E-state index in [0.717, 1.165) is 22.4 Å². The van der Waals surface area contributed by atoms with Crippen LogP contribution in [-0.4, -0.2) is 35.0 Å². The highest BCUT2D eigenvalue weighted by atomic mass is 32.2. The van der Waals surface area contributed by atoms with Crippen molar-refractivity contribution in [3.05, 3.63) is 64.1 Å². The van der Waals surface area contributed by atoms with Gasteiger partial charge in [-0.1, -0.05) is 30.3 Å². The first-order valence-electron chi connectivity index (χ1n) is 9.26. The smallest absolute Gasteiger partial charge is 0.266 e. The number of thioether (sulfide) groups is 1. The summed E-state index contributed by atoms with van der Waals surface area (Å²) in [5, 5.41) is 0.683. The van der Waals surface area contributed by atoms with E-state index in [4.69, 9.17) is 15.5 Å². The molecule has 2 aromatic rings. The second-order valence-electron chi connectivity index (χ2n) is 6.62. The summed E-state index contributed by atoms with van der Waals surface area (Å²) in [5.41, 5.74) is 8.99. The fourth-order valence-electron chi connectivity index (χ4n) is 2.91. The van der Waals surface area contributed by atoms with Crippen molar-refractivity contribution in [2.45, 2.75) is 20.8 Å². The van der Waals surface area contributed by atoms with E-state index >= 15 is 0 Å². The molecule has 2 N–H and O–H groups in total. The Morgan fingerprint density at radius 3 is 2.41 bits per heavy atom. The zero-order valence-corrected chi connectivity index (χ0v) is 17.5. The number of aryl methyl sites for hydroxylation is 2. The molecule has 6 nitrogen and oxygen atoms in total. The van der Waals surface area contributed by atoms with Crippen LogP contribution in [0, 0.1) is 13.8 Å². The molecule has 2 aromatic carbocycles. The predicted octanol–water partition coefficient (Wildman–Crippen LogP) is 3.79. The molecule has 29 heavy (non-hydrogen) atoms. The van der Waals surface area contributed by atoms with Crippen molar-refractivity contribution in [1.29, 1.82) is 0 Å². The van der Waals surface area contributed by atoms with Crippen LogP contribution in [0.5, 0.6) is 5.75 Å². The molecule has 7 heteroatoms. The average molecular weight is 410 g/mol. The Hall–Kier alpha value is -3.06. The van der Waals surface area contributed by atoms with Gasteiger partial charge < -0.3 is 10.5 Å². The van der Waals surface area contributed by atoms with Crippen LogP contribution >= 0.6 is 11.8 Å². The lowest BCUT2D eigenvalue weighted by molar-refractivity contribution is -0.122. The van der Waals surface area contributed by atoms with Crippen LogP contribution in [0.25, 0.3) is 6.08 Å². The molecule has 1 heterocycles. The van der Waals surface area contributed by atoms with Crippen LogP contribution < -0.4 is 10.5 Å². The molecular weight excluding hydrogens is 386 g/mol. The monoisotopic (exact) mass is 409 g/mol. The second kappa shape index (κ2) is 8.96. The van der Waals surface area contributed by atoms with Gasteiger partial charge in [0.05, 0.1) is 10.6 Å². The maximum atomic E-state index is 12.8. The lowest BCUT2D eigenvalue weighted by Crippen LogP contribution is -2.28. The Morgan fingerprint density at radius 1 is 1.17 bits per heavy atom. The van der Waals surface area contributed by atoms with Crippen LogP contribution in [0.3, 0.4) is 0 Å². The van der Waals surface area contributed by atoms with Crippen molar-refractivity contribution in [2.24, 2.45) is 10.7 Å². The number of amides is 2. The normalized spacial score (nSPS) is 16.7. The molecule has 0 saturated carbocycles. The number of amidine groups is 1. The summed E-state index contributed by atoms with van der Waals surface area (Å²) in [5.74, 6) is -0.0418. The second-order valence-corrected chi connectivity index (χ2v) is 7.63. The standard InChI is InChI=1S/C22H23N3O3S/c1-4-25-21(27)18(12-16-8-10-17(11-9-16)28-13-19(23)26)29-22(25)24-20-14(2)6-5-7-15(20)3/h5-12H,4,13H2,1-3H3,(H2,23,26)/b18-12+,24-22?. The minimum atomic E-state index is -0.528. The Morgan fingerprint density at radius 2 is 1.83 bits per heavy atom. The van der Waals surface area contributed by atoms with E-state index in [-0.39, 0.29) is 12.5 Å². The average Bonchev–Trinajstić information content (AvgIpc) is 2.98. The number of hydrogen-bond donors (Lipinski definition) is 1. The van der Waals surface area contributed by atoms with Crippen molar-refractivity contribution in [2.75, 3.05) is 13.2 Å². The Balaban J connectivity index is 1.85. The molecule has 0 radical (unpaired) electrons. The highest BCUT2D eigenvalue weighted by Crippen LogP contribution is 2.35. The minimum Gasteiger partial charge on any atom is -0.484 e. The molecular formula is C22H23N3O3S. The first kappa shape index (κ1) is 20.7. The molecule has 0 bridgehead atoms. The summed E-state index contributed by atoms with van der Waals surface area (Å²) in [6.07, 6.45) is 1.83. The van der Waals surface area contributed by atoms with Crippen molar-refractivity contribution in [3.63, 3.8) is 0 Å². The fraction of sp³-hybridized carbons (Fsp3) is 0.227. The lowest BCUT2D eigenvalue weighted by atomic mass is 10.1. The Kier molecular flexibility index (Phi) is 6.39. The Bertz CT molecular complexity index is 977. The number of hydrogen-bond acceptors (Lipinski definition) is 5. The van der Waals surface area contributed by atoms with Crippen LogP contribution in [0.1, 0.15) is 23.6 Å². The lowest BCUT2D eigenvalue weighted by Gasteiger charge is -2.13. The maximum Gasteiger partial charge on any atom is 0.266 e. The summed E-state index contributed by atoms with van der Waals surface area (Å²) in [6, 6.07) is 13.2. The summed E-state index contributed by atoms with van der Waals surface area (Å²) < 4.78 is 5.26. The molecule has 1 fully saturated rings. The van der Waals surface area contributed by atoms with Gasteiger partial charge >= 0.3 is 0 Å². The van der Waals surface area contributed by atoms with Gasteiger partial charge in [-0.3, -0.25) is 14.5 Å². The molecule has 0 aromatic heterocycles. The highest BCUT2D eigenvalue weighted by molar-refractivity contribution is 8.18. The predicted molar refractivity (Wildman–Crippen MR) is 117 cm³/mol. The van der Waals surface area contributed by atoms with E-state index in [1.807, 2.05) is 57.2 Å². The molecule has 0 atom stereocenters. The zero-order valence-electron chi connectivity index (χ0n) is 16.6. The van der Waals surface area contributed by atoms with Crippen molar-refractivity contribution in [3.8, 4) is 5.75 Å². The van der Waals surface area contributed by atoms with Crippen LogP contribution in [-0.2, 0) is 9.59 Å². The number of carbonyl (C=O) groups excluding carboxylic acids is 2. The van der Waals surface area contributed by atoms with E-state index < -0.39 is 5.91 Å². The number of para-hydroxylation sites is 1. The summed E-state index contributed by atoms with van der Waals surface area (Å²) >= 11 is 1.37. The van der Waals surface area contributed by atoms with Crippen molar-refractivity contribution < 1.29 is 14.3 Å². The topological polar surface area (TPSA) is 85.0 Å². The van der Waals surface area contributed by atoms with Crippen molar-refractivity contribution >= 4 is 40.5 Å². The summed E-state index contributed by atoms with van der Waals surface area (Å²) in [6.45, 7) is 6.35. The van der Waals surface area contributed by atoms with Gasteiger partial charge in [0.2, 0.25) is 0 Å². The quantitative estimate of drug-likeness (QED) is 0.736. The molecule has 0 spiro atoms. The molecule has 1 saturated heterocycles. The molecule has 2 amide bonds. The van der Waals surface area contributed by atoms with E-state index in [2.05, 4.69) is 0 Å². The van der Waals surface area contributed by atoms with Gasteiger partial charge in [-0.2, -0.15) is 0 Å². The maximum absolute atomic E-state index is 12.8. The molecule has 0 aliphatic carbocycles. The SMILES string of the molecule is CCN1C(=O)/C(=C\c2ccc(OCC(N)=O)cc2)SC1=Nc1c(C)cccc1C. The third kappa shape index (κ3) is 4.86. The largest absolute Gasteiger partial charge is 0.484 e. The molecule has 0 unspecified atom stereocenters. The number of carbonyl (C=O) groups is 2. The van der Waals surface area contributed by atoms with Gasteiger partial charge in [0, 0.05) is 6.54 Å². The van der Waals surface area contributed by atoms with Crippen molar-refractivity contribution in [1.82, 2.24) is 4.90 Å². The van der Waals surface area contributed by atoms with Gasteiger partial charge in [-0.15, -0.1) is 0 Å². The van der Waals surface area contributed by atoms with Gasteiger partial charge in [0.1, 0.15) is 5.75 Å². The zero-order chi connectivity index (χ0) is 21.0. The number of rotatable bonds is 6.